The van der Waals surface area contributed by atoms with Gasteiger partial charge in [0.2, 0.25) is 17.8 Å². The molecule has 226 valence electrons. The number of nitrogens with zero attached hydrogens (tertiary/aromatic N) is 5. The van der Waals surface area contributed by atoms with Crippen LogP contribution in [-0.2, 0) is 11.4 Å². The predicted octanol–water partition coefficient (Wildman–Crippen LogP) is 3.90. The van der Waals surface area contributed by atoms with E-state index in [1.54, 1.807) is 18.5 Å². The van der Waals surface area contributed by atoms with Gasteiger partial charge in [-0.05, 0) is 60.2 Å². The van der Waals surface area contributed by atoms with Gasteiger partial charge in [0.15, 0.2) is 11.3 Å². The van der Waals surface area contributed by atoms with E-state index >= 15 is 0 Å². The summed E-state index contributed by atoms with van der Waals surface area (Å²) in [7, 11) is 0. The highest BCUT2D eigenvalue weighted by atomic mass is 19.3. The maximum absolute atomic E-state index is 14.0. The number of hydrogen-bond acceptors (Lipinski definition) is 8. The first kappa shape index (κ1) is 28.5. The molecule has 3 N–H and O–H groups in total. The average Bonchev–Trinajstić information content (AvgIpc) is 3.49. The average molecular weight is 594 g/mol. The molecule has 3 fully saturated rings. The van der Waals surface area contributed by atoms with Gasteiger partial charge in [-0.3, -0.25) is 9.59 Å². The Morgan fingerprint density at radius 2 is 1.74 bits per heavy atom. The number of imidazole rings is 1. The zero-order chi connectivity index (χ0) is 29.6. The Bertz CT molecular complexity index is 1460. The van der Waals surface area contributed by atoms with E-state index in [0.29, 0.717) is 16.9 Å². The van der Waals surface area contributed by atoms with Crippen molar-refractivity contribution in [1.82, 2.24) is 35.5 Å². The lowest BCUT2D eigenvalue weighted by atomic mass is 9.79. The lowest BCUT2D eigenvalue weighted by molar-refractivity contribution is -0.134. The third kappa shape index (κ3) is 6.10. The summed E-state index contributed by atoms with van der Waals surface area (Å²) in [6.45, 7) is -0.570. The molecular formula is C27H31F4N7O4. The van der Waals surface area contributed by atoms with Gasteiger partial charge in [0.1, 0.15) is 5.69 Å². The van der Waals surface area contributed by atoms with Gasteiger partial charge < -0.3 is 15.7 Å². The number of carbonyl (C=O) groups excluding carboxylic acids is 2. The normalized spacial score (nSPS) is 21.9. The van der Waals surface area contributed by atoms with Gasteiger partial charge in [0.25, 0.3) is 5.91 Å². The summed E-state index contributed by atoms with van der Waals surface area (Å²) in [4.78, 5) is 30.4. The third-order valence-electron chi connectivity index (χ3n) is 8.54. The van der Waals surface area contributed by atoms with Crippen LogP contribution in [0.3, 0.4) is 0 Å². The van der Waals surface area contributed by atoms with Crippen LogP contribution in [0, 0.1) is 17.8 Å². The van der Waals surface area contributed by atoms with E-state index in [-0.39, 0.29) is 86.0 Å². The first-order valence-electron chi connectivity index (χ1n) is 14.1. The monoisotopic (exact) mass is 593 g/mol. The number of aliphatic hydroxyl groups is 1. The van der Waals surface area contributed by atoms with Crippen LogP contribution in [0.25, 0.3) is 5.65 Å². The van der Waals surface area contributed by atoms with Crippen molar-refractivity contribution >= 4 is 17.5 Å². The topological polar surface area (TPSA) is 148 Å². The first-order chi connectivity index (χ1) is 20.0. The Labute approximate surface area is 237 Å². The van der Waals surface area contributed by atoms with Gasteiger partial charge >= 0.3 is 0 Å². The van der Waals surface area contributed by atoms with E-state index < -0.39 is 30.4 Å². The van der Waals surface area contributed by atoms with Crippen molar-refractivity contribution in [2.24, 2.45) is 17.8 Å². The molecular weight excluding hydrogens is 562 g/mol. The highest BCUT2D eigenvalue weighted by molar-refractivity contribution is 5.93. The van der Waals surface area contributed by atoms with Gasteiger partial charge in [-0.15, -0.1) is 0 Å². The number of amides is 2. The zero-order valence-electron chi connectivity index (χ0n) is 22.6. The number of aromatic nitrogens is 5. The Morgan fingerprint density at radius 3 is 2.40 bits per heavy atom. The first-order valence-corrected chi connectivity index (χ1v) is 14.1. The van der Waals surface area contributed by atoms with Crippen LogP contribution in [0.4, 0.5) is 17.6 Å². The summed E-state index contributed by atoms with van der Waals surface area (Å²) in [5.74, 6) is -6.91. The lowest BCUT2D eigenvalue weighted by Gasteiger charge is -2.34. The SMILES string of the molecule is O=C(CC1CC(F)(F)C1)N[C@@H](c1cnn2cc([C@@H](NC(=O)c3nonc3CO)C3CCC(F)(F)CC3)nc2c1)C1CC1. The molecule has 3 aromatic rings. The van der Waals surface area contributed by atoms with Crippen LogP contribution in [-0.4, -0.2) is 53.7 Å². The van der Waals surface area contributed by atoms with Crippen LogP contribution in [0.1, 0.15) is 97.3 Å². The molecule has 0 bridgehead atoms. The molecule has 3 saturated carbocycles. The number of aliphatic hydroxyl groups excluding tert-OH is 1. The number of carbonyl (C=O) groups is 2. The van der Waals surface area contributed by atoms with Crippen molar-refractivity contribution in [3.63, 3.8) is 0 Å². The van der Waals surface area contributed by atoms with Crippen LogP contribution < -0.4 is 10.6 Å². The quantitative estimate of drug-likeness (QED) is 0.300. The number of alkyl halides is 4. The second-order valence-electron chi connectivity index (χ2n) is 11.8. The number of fused-ring (bicyclic) bond motifs is 1. The third-order valence-corrected chi connectivity index (χ3v) is 8.54. The van der Waals surface area contributed by atoms with Gasteiger partial charge in [-0.25, -0.2) is 31.7 Å². The molecule has 11 nitrogen and oxygen atoms in total. The highest BCUT2D eigenvalue weighted by Gasteiger charge is 2.46. The Morgan fingerprint density at radius 1 is 1.02 bits per heavy atom. The molecule has 0 radical (unpaired) electrons. The second kappa shape index (κ2) is 10.9. The minimum atomic E-state index is -2.78. The Kier molecular flexibility index (Phi) is 7.39. The number of halogens is 4. The van der Waals surface area contributed by atoms with Crippen LogP contribution in [0.15, 0.2) is 23.1 Å². The fourth-order valence-electron chi connectivity index (χ4n) is 6.08. The van der Waals surface area contributed by atoms with Crippen LogP contribution >= 0.6 is 0 Å². The van der Waals surface area contributed by atoms with Crippen molar-refractivity contribution < 1.29 is 36.9 Å². The molecule has 2 amide bonds. The molecule has 42 heavy (non-hydrogen) atoms. The molecule has 6 rings (SSSR count). The minimum Gasteiger partial charge on any atom is -0.390 e. The number of nitrogens with one attached hydrogen (secondary N) is 2. The largest absolute Gasteiger partial charge is 0.390 e. The smallest absolute Gasteiger partial charge is 0.276 e. The van der Waals surface area contributed by atoms with Crippen molar-refractivity contribution in [3.8, 4) is 0 Å². The standard InChI is InChI=1S/C27H31F4N7O4/c28-26(29)5-3-16(4-6-26)23(35-25(41)24-19(13-39)36-42-37-24)18-12-38-20(33-18)8-17(11-32-38)22(15-1-2-15)34-21(40)7-14-9-27(30,31)10-14/h8,11-12,14-16,22-23,39H,1-7,9-10,13H2,(H,34,40)(H,35,41)/t22-,23+/m1/s1. The van der Waals surface area contributed by atoms with E-state index in [9.17, 15) is 32.3 Å². The molecule has 0 unspecified atom stereocenters. The highest BCUT2D eigenvalue weighted by Crippen LogP contribution is 2.45. The fourth-order valence-corrected chi connectivity index (χ4v) is 6.08. The van der Waals surface area contributed by atoms with E-state index in [4.69, 9.17) is 0 Å². The van der Waals surface area contributed by atoms with Crippen molar-refractivity contribution in [1.29, 1.82) is 0 Å². The van der Waals surface area contributed by atoms with Crippen molar-refractivity contribution in [2.45, 2.75) is 88.3 Å². The molecule has 0 saturated heterocycles. The molecule has 3 aliphatic carbocycles. The molecule has 0 aliphatic heterocycles. The molecule has 15 heteroatoms. The van der Waals surface area contributed by atoms with Crippen molar-refractivity contribution in [3.05, 3.63) is 41.1 Å². The summed E-state index contributed by atoms with van der Waals surface area (Å²) in [6.07, 6.45) is 4.19. The van der Waals surface area contributed by atoms with E-state index in [1.165, 1.54) is 4.52 Å². The maximum atomic E-state index is 14.0. The molecule has 0 spiro atoms. The van der Waals surface area contributed by atoms with Gasteiger partial charge in [0, 0.05) is 32.1 Å². The van der Waals surface area contributed by atoms with Crippen LogP contribution in [0.5, 0.6) is 0 Å². The molecule has 3 aromatic heterocycles. The fraction of sp³-hybridized carbons (Fsp3) is 0.630. The summed E-state index contributed by atoms with van der Waals surface area (Å²) in [6, 6.07) is 0.668. The van der Waals surface area contributed by atoms with E-state index in [1.807, 2.05) is 0 Å². The minimum absolute atomic E-state index is 0.0445. The molecule has 3 heterocycles. The lowest BCUT2D eigenvalue weighted by Crippen LogP contribution is -2.39. The predicted molar refractivity (Wildman–Crippen MR) is 136 cm³/mol. The van der Waals surface area contributed by atoms with E-state index in [2.05, 4.69) is 35.7 Å². The van der Waals surface area contributed by atoms with Crippen LogP contribution in [0.2, 0.25) is 0 Å². The maximum Gasteiger partial charge on any atom is 0.276 e. The van der Waals surface area contributed by atoms with Gasteiger partial charge in [-0.2, -0.15) is 5.10 Å². The molecule has 2 atom stereocenters. The number of rotatable bonds is 10. The van der Waals surface area contributed by atoms with Gasteiger partial charge in [-0.1, -0.05) is 5.16 Å². The van der Waals surface area contributed by atoms with Crippen molar-refractivity contribution in [2.75, 3.05) is 0 Å². The summed E-state index contributed by atoms with van der Waals surface area (Å²) < 4.78 is 60.4. The molecule has 3 aliphatic rings. The molecule has 0 aromatic carbocycles. The van der Waals surface area contributed by atoms with E-state index in [0.717, 1.165) is 12.8 Å². The summed E-state index contributed by atoms with van der Waals surface area (Å²) in [5, 5.41) is 26.8. The van der Waals surface area contributed by atoms with Gasteiger partial charge in [0.05, 0.1) is 36.8 Å². The zero-order valence-corrected chi connectivity index (χ0v) is 22.6. The second-order valence-corrected chi connectivity index (χ2v) is 11.8. The number of hydrogen-bond donors (Lipinski definition) is 3. The Hall–Kier alpha value is -3.62. The summed E-state index contributed by atoms with van der Waals surface area (Å²) >= 11 is 0. The summed E-state index contributed by atoms with van der Waals surface area (Å²) in [5.41, 5.74) is 1.29. The Balaban J connectivity index is 1.23.